The van der Waals surface area contributed by atoms with Crippen LogP contribution < -0.4 is 14.8 Å². The fourth-order valence-electron chi connectivity index (χ4n) is 1.82. The summed E-state index contributed by atoms with van der Waals surface area (Å²) in [7, 11) is 3.09. The van der Waals surface area contributed by atoms with Crippen LogP contribution in [0.15, 0.2) is 18.2 Å². The minimum absolute atomic E-state index is 0.0782. The van der Waals surface area contributed by atoms with Crippen LogP contribution in [-0.2, 0) is 0 Å². The topological polar surface area (TPSA) is 47.6 Å². The molecular formula is C13H16BrNO3. The number of methoxy groups -OCH3 is 2. The summed E-state index contributed by atoms with van der Waals surface area (Å²) in [6.45, 7) is 0. The van der Waals surface area contributed by atoms with Crippen molar-refractivity contribution in [2.24, 2.45) is 0 Å². The van der Waals surface area contributed by atoms with Gasteiger partial charge in [0.15, 0.2) is 11.5 Å². The third-order valence-electron chi connectivity index (χ3n) is 3.14. The van der Waals surface area contributed by atoms with Gasteiger partial charge in [-0.3, -0.25) is 4.79 Å². The maximum atomic E-state index is 12.2. The van der Waals surface area contributed by atoms with Crippen molar-refractivity contribution in [2.75, 3.05) is 19.5 Å². The molecule has 2 rings (SSSR count). The van der Waals surface area contributed by atoms with Gasteiger partial charge in [-0.15, -0.1) is 0 Å². The Morgan fingerprint density at radius 2 is 2.11 bits per heavy atom. The molecule has 0 bridgehead atoms. The number of amides is 1. The lowest BCUT2D eigenvalue weighted by Crippen LogP contribution is -2.38. The van der Waals surface area contributed by atoms with Crippen molar-refractivity contribution in [1.82, 2.24) is 5.32 Å². The smallest absolute Gasteiger partial charge is 0.255 e. The summed E-state index contributed by atoms with van der Waals surface area (Å²) >= 11 is 3.43. The quantitative estimate of drug-likeness (QED) is 0.849. The van der Waals surface area contributed by atoms with Gasteiger partial charge in [-0.05, 0) is 25.0 Å². The predicted octanol–water partition coefficient (Wildman–Crippen LogP) is 2.36. The van der Waals surface area contributed by atoms with Crippen LogP contribution in [-0.4, -0.2) is 31.0 Å². The highest BCUT2D eigenvalue weighted by Gasteiger charge is 2.43. The van der Waals surface area contributed by atoms with Crippen molar-refractivity contribution in [3.05, 3.63) is 23.8 Å². The average Bonchev–Trinajstić information content (AvgIpc) is 3.17. The molecule has 0 unspecified atom stereocenters. The largest absolute Gasteiger partial charge is 0.493 e. The van der Waals surface area contributed by atoms with Gasteiger partial charge in [0.05, 0.1) is 25.3 Å². The number of halogens is 1. The van der Waals surface area contributed by atoms with E-state index in [1.165, 1.54) is 7.11 Å². The Morgan fingerprint density at radius 1 is 1.39 bits per heavy atom. The summed E-state index contributed by atoms with van der Waals surface area (Å²) < 4.78 is 10.4. The number of alkyl halides is 1. The van der Waals surface area contributed by atoms with E-state index in [9.17, 15) is 4.79 Å². The maximum Gasteiger partial charge on any atom is 0.255 e. The molecule has 0 atom stereocenters. The van der Waals surface area contributed by atoms with Gasteiger partial charge in [0.25, 0.3) is 5.91 Å². The second-order valence-electron chi connectivity index (χ2n) is 4.41. The van der Waals surface area contributed by atoms with E-state index < -0.39 is 0 Å². The first kappa shape index (κ1) is 13.2. The Balaban J connectivity index is 2.24. The van der Waals surface area contributed by atoms with E-state index in [4.69, 9.17) is 9.47 Å². The molecule has 0 aromatic heterocycles. The lowest BCUT2D eigenvalue weighted by Gasteiger charge is -2.16. The van der Waals surface area contributed by atoms with Gasteiger partial charge < -0.3 is 14.8 Å². The van der Waals surface area contributed by atoms with Gasteiger partial charge in [0, 0.05) is 5.33 Å². The van der Waals surface area contributed by atoms with Gasteiger partial charge in [-0.25, -0.2) is 0 Å². The van der Waals surface area contributed by atoms with Crippen LogP contribution in [0.2, 0.25) is 0 Å². The Bertz CT molecular complexity index is 458. The number of carbonyl (C=O) groups excluding carboxylic acids is 1. The molecule has 0 heterocycles. The first-order valence-electron chi connectivity index (χ1n) is 5.75. The van der Waals surface area contributed by atoms with Crippen LogP contribution >= 0.6 is 15.9 Å². The van der Waals surface area contributed by atoms with Gasteiger partial charge >= 0.3 is 0 Å². The average molecular weight is 314 g/mol. The summed E-state index contributed by atoms with van der Waals surface area (Å²) in [5.41, 5.74) is 0.426. The molecular weight excluding hydrogens is 298 g/mol. The van der Waals surface area contributed by atoms with Crippen LogP contribution in [0.5, 0.6) is 11.5 Å². The third-order valence-corrected chi connectivity index (χ3v) is 4.21. The number of rotatable bonds is 5. The second-order valence-corrected chi connectivity index (χ2v) is 4.97. The highest BCUT2D eigenvalue weighted by molar-refractivity contribution is 9.09. The molecule has 1 amide bonds. The zero-order valence-electron chi connectivity index (χ0n) is 10.5. The predicted molar refractivity (Wildman–Crippen MR) is 72.8 cm³/mol. The molecule has 0 aliphatic heterocycles. The normalized spacial score (nSPS) is 15.9. The molecule has 5 heteroatoms. The molecule has 0 radical (unpaired) electrons. The van der Waals surface area contributed by atoms with E-state index in [2.05, 4.69) is 21.2 Å². The van der Waals surface area contributed by atoms with Crippen LogP contribution in [0.4, 0.5) is 0 Å². The molecule has 1 aromatic carbocycles. The standard InChI is InChI=1S/C13H16BrNO3/c1-17-10-5-3-4-9(11(10)18-2)12(16)15-13(8-14)6-7-13/h3-5H,6-8H2,1-2H3,(H,15,16). The number of benzene rings is 1. The van der Waals surface area contributed by atoms with Crippen LogP contribution in [0.3, 0.4) is 0 Å². The molecule has 1 fully saturated rings. The van der Waals surface area contributed by atoms with Crippen LogP contribution in [0.25, 0.3) is 0 Å². The summed E-state index contributed by atoms with van der Waals surface area (Å²) in [6.07, 6.45) is 2.02. The van der Waals surface area contributed by atoms with Crippen molar-refractivity contribution < 1.29 is 14.3 Å². The minimum atomic E-state index is -0.122. The molecule has 1 N–H and O–H groups in total. The highest BCUT2D eigenvalue weighted by atomic mass is 79.9. The summed E-state index contributed by atoms with van der Waals surface area (Å²) in [5, 5.41) is 3.81. The molecule has 1 saturated carbocycles. The molecule has 0 spiro atoms. The summed E-state index contributed by atoms with van der Waals surface area (Å²) in [6, 6.07) is 5.29. The fourth-order valence-corrected chi connectivity index (χ4v) is 2.52. The number of ether oxygens (including phenoxy) is 2. The van der Waals surface area contributed by atoms with Gasteiger partial charge in [-0.2, -0.15) is 0 Å². The van der Waals surface area contributed by atoms with Crippen LogP contribution in [0, 0.1) is 0 Å². The molecule has 98 valence electrons. The molecule has 0 saturated heterocycles. The van der Waals surface area contributed by atoms with Crippen molar-refractivity contribution in [3.8, 4) is 11.5 Å². The molecule has 18 heavy (non-hydrogen) atoms. The number of hydrogen-bond donors (Lipinski definition) is 1. The summed E-state index contributed by atoms with van der Waals surface area (Å²) in [5.74, 6) is 0.916. The zero-order chi connectivity index (χ0) is 13.2. The van der Waals surface area contributed by atoms with E-state index in [0.717, 1.165) is 18.2 Å². The number of para-hydroxylation sites is 1. The fraction of sp³-hybridized carbons (Fsp3) is 0.462. The molecule has 1 aliphatic rings. The van der Waals surface area contributed by atoms with E-state index in [0.29, 0.717) is 17.1 Å². The van der Waals surface area contributed by atoms with Gasteiger partial charge in [-0.1, -0.05) is 22.0 Å². The molecule has 1 aromatic rings. The van der Waals surface area contributed by atoms with Crippen molar-refractivity contribution in [2.45, 2.75) is 18.4 Å². The lowest BCUT2D eigenvalue weighted by atomic mass is 10.1. The van der Waals surface area contributed by atoms with E-state index in [1.54, 1.807) is 25.3 Å². The Hall–Kier alpha value is -1.23. The third kappa shape index (κ3) is 2.46. The van der Waals surface area contributed by atoms with E-state index in [-0.39, 0.29) is 11.4 Å². The molecule has 1 aliphatic carbocycles. The summed E-state index contributed by atoms with van der Waals surface area (Å²) in [4.78, 5) is 12.2. The number of nitrogens with one attached hydrogen (secondary N) is 1. The van der Waals surface area contributed by atoms with Crippen LogP contribution in [0.1, 0.15) is 23.2 Å². The van der Waals surface area contributed by atoms with Gasteiger partial charge in [0.1, 0.15) is 0 Å². The number of carbonyl (C=O) groups is 1. The first-order chi connectivity index (χ1) is 8.65. The zero-order valence-corrected chi connectivity index (χ0v) is 12.0. The Kier molecular flexibility index (Phi) is 3.80. The SMILES string of the molecule is COc1cccc(C(=O)NC2(CBr)CC2)c1OC. The Morgan fingerprint density at radius 3 is 2.61 bits per heavy atom. The van der Waals surface area contributed by atoms with Crippen molar-refractivity contribution >= 4 is 21.8 Å². The lowest BCUT2D eigenvalue weighted by molar-refractivity contribution is 0.0933. The highest BCUT2D eigenvalue weighted by Crippen LogP contribution is 2.38. The van der Waals surface area contributed by atoms with E-state index >= 15 is 0 Å². The minimum Gasteiger partial charge on any atom is -0.493 e. The molecule has 4 nitrogen and oxygen atoms in total. The van der Waals surface area contributed by atoms with Gasteiger partial charge in [0.2, 0.25) is 0 Å². The monoisotopic (exact) mass is 313 g/mol. The van der Waals surface area contributed by atoms with E-state index in [1.807, 2.05) is 0 Å². The first-order valence-corrected chi connectivity index (χ1v) is 6.87. The maximum absolute atomic E-state index is 12.2. The Labute approximate surface area is 115 Å². The second kappa shape index (κ2) is 5.18. The van der Waals surface area contributed by atoms with Crippen molar-refractivity contribution in [1.29, 1.82) is 0 Å². The number of hydrogen-bond acceptors (Lipinski definition) is 3. The van der Waals surface area contributed by atoms with Crippen molar-refractivity contribution in [3.63, 3.8) is 0 Å².